The van der Waals surface area contributed by atoms with E-state index in [4.69, 9.17) is 4.74 Å². The summed E-state index contributed by atoms with van der Waals surface area (Å²) in [5.74, 6) is -2.45. The van der Waals surface area contributed by atoms with Crippen LogP contribution in [0.4, 0.5) is 20.2 Å². The molecule has 0 saturated carbocycles. The monoisotopic (exact) mass is 437 g/mol. The molecule has 170 valence electrons. The third-order valence-electron chi connectivity index (χ3n) is 5.40. The standard InChI is InChI=1S/C22H29F2N3O4/c1-22(2,3)31-19(29)10-13-6-8-27(9-7-13)20-15(23)11-14(12-16(20)24)25-17-4-5-18(28)26-21(17)30/h11-13,17,25H,4-10H2,1-3H3,(H,26,28,30). The van der Waals surface area contributed by atoms with Gasteiger partial charge in [-0.1, -0.05) is 0 Å². The Morgan fingerprint density at radius 1 is 1.16 bits per heavy atom. The average Bonchev–Trinajstić information content (AvgIpc) is 2.63. The lowest BCUT2D eigenvalue weighted by molar-refractivity contribution is -0.156. The zero-order chi connectivity index (χ0) is 22.8. The Kier molecular flexibility index (Phi) is 6.81. The van der Waals surface area contributed by atoms with Crippen molar-refractivity contribution in [3.8, 4) is 0 Å². The van der Waals surface area contributed by atoms with Crippen LogP contribution in [0.25, 0.3) is 0 Å². The first-order chi connectivity index (χ1) is 14.5. The minimum atomic E-state index is -0.722. The maximum Gasteiger partial charge on any atom is 0.306 e. The van der Waals surface area contributed by atoms with E-state index in [2.05, 4.69) is 10.6 Å². The van der Waals surface area contributed by atoms with Gasteiger partial charge in [0.1, 0.15) is 17.3 Å². The molecule has 2 fully saturated rings. The number of halogens is 2. The summed E-state index contributed by atoms with van der Waals surface area (Å²) < 4.78 is 34.9. The van der Waals surface area contributed by atoms with Crippen molar-refractivity contribution >= 4 is 29.2 Å². The molecular weight excluding hydrogens is 408 g/mol. The molecule has 2 heterocycles. The molecule has 2 N–H and O–H groups in total. The van der Waals surface area contributed by atoms with Crippen molar-refractivity contribution in [2.45, 2.75) is 64.5 Å². The molecule has 0 spiro atoms. The van der Waals surface area contributed by atoms with Crippen LogP contribution in [0.5, 0.6) is 0 Å². The molecule has 2 saturated heterocycles. The minimum absolute atomic E-state index is 0.107. The highest BCUT2D eigenvalue weighted by Gasteiger charge is 2.29. The van der Waals surface area contributed by atoms with Crippen molar-refractivity contribution in [1.82, 2.24) is 5.32 Å². The van der Waals surface area contributed by atoms with Crippen LogP contribution >= 0.6 is 0 Å². The summed E-state index contributed by atoms with van der Waals surface area (Å²) in [5, 5.41) is 5.00. The SMILES string of the molecule is CC(C)(C)OC(=O)CC1CCN(c2c(F)cc(NC3CCC(=O)NC3=O)cc2F)CC1. The van der Waals surface area contributed by atoms with E-state index < -0.39 is 29.2 Å². The topological polar surface area (TPSA) is 87.7 Å². The number of amides is 2. The molecule has 7 nitrogen and oxygen atoms in total. The highest BCUT2D eigenvalue weighted by molar-refractivity contribution is 6.01. The van der Waals surface area contributed by atoms with E-state index in [0.29, 0.717) is 32.4 Å². The van der Waals surface area contributed by atoms with Crippen LogP contribution in [-0.4, -0.2) is 42.5 Å². The summed E-state index contributed by atoms with van der Waals surface area (Å²) >= 11 is 0. The van der Waals surface area contributed by atoms with Gasteiger partial charge >= 0.3 is 5.97 Å². The summed E-state index contributed by atoms with van der Waals surface area (Å²) in [4.78, 5) is 36.7. The van der Waals surface area contributed by atoms with Crippen molar-refractivity contribution in [3.05, 3.63) is 23.8 Å². The van der Waals surface area contributed by atoms with Gasteiger partial charge in [-0.05, 0) is 58.1 Å². The fraction of sp³-hybridized carbons (Fsp3) is 0.591. The quantitative estimate of drug-likeness (QED) is 0.544. The number of imide groups is 1. The number of piperidine rings is 2. The summed E-state index contributed by atoms with van der Waals surface area (Å²) in [6.45, 7) is 6.32. The fourth-order valence-electron chi connectivity index (χ4n) is 3.96. The molecule has 0 aromatic heterocycles. The van der Waals surface area contributed by atoms with Crippen molar-refractivity contribution in [3.63, 3.8) is 0 Å². The number of benzene rings is 1. The number of carbonyl (C=O) groups excluding carboxylic acids is 3. The Labute approximate surface area is 180 Å². The van der Waals surface area contributed by atoms with Crippen LogP contribution in [-0.2, 0) is 19.1 Å². The minimum Gasteiger partial charge on any atom is -0.460 e. The largest absolute Gasteiger partial charge is 0.460 e. The molecule has 1 aromatic rings. The summed E-state index contributed by atoms with van der Waals surface area (Å²) in [7, 11) is 0. The molecular formula is C22H29F2N3O4. The summed E-state index contributed by atoms with van der Waals surface area (Å²) in [5.41, 5.74) is -0.495. The average molecular weight is 437 g/mol. The molecule has 2 aliphatic rings. The van der Waals surface area contributed by atoms with Gasteiger partial charge in [-0.3, -0.25) is 19.7 Å². The van der Waals surface area contributed by atoms with Crippen LogP contribution < -0.4 is 15.5 Å². The number of nitrogens with zero attached hydrogens (tertiary/aromatic N) is 1. The summed E-state index contributed by atoms with van der Waals surface area (Å²) in [6.07, 6.45) is 2.00. The van der Waals surface area contributed by atoms with Gasteiger partial charge in [0.15, 0.2) is 11.6 Å². The molecule has 1 unspecified atom stereocenters. The van der Waals surface area contributed by atoms with Gasteiger partial charge < -0.3 is 15.0 Å². The first-order valence-electron chi connectivity index (χ1n) is 10.6. The number of ether oxygens (including phenoxy) is 1. The third kappa shape index (κ3) is 6.15. The predicted molar refractivity (Wildman–Crippen MR) is 112 cm³/mol. The van der Waals surface area contributed by atoms with E-state index in [1.165, 1.54) is 0 Å². The van der Waals surface area contributed by atoms with Crippen LogP contribution in [0.2, 0.25) is 0 Å². The predicted octanol–water partition coefficient (Wildman–Crippen LogP) is 3.13. The number of carbonyl (C=O) groups is 3. The normalized spacial score (nSPS) is 20.4. The van der Waals surface area contributed by atoms with Crippen molar-refractivity contribution in [2.24, 2.45) is 5.92 Å². The van der Waals surface area contributed by atoms with Gasteiger partial charge in [0.2, 0.25) is 11.8 Å². The maximum atomic E-state index is 14.8. The lowest BCUT2D eigenvalue weighted by atomic mass is 9.93. The second-order valence-corrected chi connectivity index (χ2v) is 9.16. The molecule has 0 radical (unpaired) electrons. The first-order valence-corrected chi connectivity index (χ1v) is 10.6. The van der Waals surface area contributed by atoms with E-state index in [0.717, 1.165) is 12.1 Å². The van der Waals surface area contributed by atoms with Gasteiger partial charge in [0.25, 0.3) is 0 Å². The fourth-order valence-corrected chi connectivity index (χ4v) is 3.96. The molecule has 2 amide bonds. The number of hydrogen-bond donors (Lipinski definition) is 2. The Bertz CT molecular complexity index is 838. The van der Waals surface area contributed by atoms with Gasteiger partial charge in [0, 0.05) is 31.6 Å². The van der Waals surface area contributed by atoms with Gasteiger partial charge in [0.05, 0.1) is 0 Å². The molecule has 1 aromatic carbocycles. The van der Waals surface area contributed by atoms with Gasteiger partial charge in [-0.15, -0.1) is 0 Å². The van der Waals surface area contributed by atoms with E-state index in [1.54, 1.807) is 4.90 Å². The van der Waals surface area contributed by atoms with Gasteiger partial charge in [-0.25, -0.2) is 8.78 Å². The molecule has 2 aliphatic heterocycles. The smallest absolute Gasteiger partial charge is 0.306 e. The van der Waals surface area contributed by atoms with Crippen LogP contribution in [0, 0.1) is 17.6 Å². The Morgan fingerprint density at radius 3 is 2.32 bits per heavy atom. The second kappa shape index (κ2) is 9.20. The Morgan fingerprint density at radius 2 is 1.77 bits per heavy atom. The second-order valence-electron chi connectivity index (χ2n) is 9.16. The Hall–Kier alpha value is -2.71. The van der Waals surface area contributed by atoms with E-state index in [1.807, 2.05) is 20.8 Å². The number of esters is 1. The Balaban J connectivity index is 1.59. The number of nitrogens with one attached hydrogen (secondary N) is 2. The van der Waals surface area contributed by atoms with Crippen molar-refractivity contribution in [2.75, 3.05) is 23.3 Å². The third-order valence-corrected chi connectivity index (χ3v) is 5.40. The van der Waals surface area contributed by atoms with Gasteiger partial charge in [-0.2, -0.15) is 0 Å². The zero-order valence-corrected chi connectivity index (χ0v) is 18.1. The van der Waals surface area contributed by atoms with E-state index in [-0.39, 0.29) is 42.0 Å². The van der Waals surface area contributed by atoms with Crippen LogP contribution in [0.15, 0.2) is 12.1 Å². The number of hydrogen-bond acceptors (Lipinski definition) is 6. The van der Waals surface area contributed by atoms with Crippen LogP contribution in [0.3, 0.4) is 0 Å². The lowest BCUT2D eigenvalue weighted by Crippen LogP contribution is -2.47. The molecule has 9 heteroatoms. The molecule has 31 heavy (non-hydrogen) atoms. The molecule has 0 bridgehead atoms. The van der Waals surface area contributed by atoms with E-state index >= 15 is 0 Å². The van der Waals surface area contributed by atoms with E-state index in [9.17, 15) is 23.2 Å². The zero-order valence-electron chi connectivity index (χ0n) is 18.1. The summed E-state index contributed by atoms with van der Waals surface area (Å²) in [6, 6.07) is 1.61. The molecule has 0 aliphatic carbocycles. The molecule has 3 rings (SSSR count). The maximum absolute atomic E-state index is 14.8. The molecule has 1 atom stereocenters. The highest BCUT2D eigenvalue weighted by Crippen LogP contribution is 2.32. The first kappa shape index (κ1) is 23.0. The highest BCUT2D eigenvalue weighted by atomic mass is 19.1. The van der Waals surface area contributed by atoms with Crippen molar-refractivity contribution < 1.29 is 27.9 Å². The lowest BCUT2D eigenvalue weighted by Gasteiger charge is -2.34. The number of anilines is 2. The van der Waals surface area contributed by atoms with Crippen LogP contribution in [0.1, 0.15) is 52.9 Å². The van der Waals surface area contributed by atoms with Crippen molar-refractivity contribution in [1.29, 1.82) is 0 Å². The number of rotatable bonds is 5.